The maximum absolute atomic E-state index is 5.12. The predicted octanol–water partition coefficient (Wildman–Crippen LogP) is 1.66. The van der Waals surface area contributed by atoms with Crippen LogP contribution in [0, 0.1) is 0 Å². The van der Waals surface area contributed by atoms with Gasteiger partial charge in [-0.3, -0.25) is 0 Å². The fourth-order valence-electron chi connectivity index (χ4n) is 0.498. The molecule has 2 nitrogen and oxygen atoms in total. The molecule has 0 aliphatic heterocycles. The minimum Gasteiger partial charge on any atom is -0.377 e. The van der Waals surface area contributed by atoms with Crippen LogP contribution >= 0.6 is 0 Å². The van der Waals surface area contributed by atoms with Crippen LogP contribution in [0.4, 0.5) is 0 Å². The molecule has 0 aliphatic rings. The molecule has 0 rings (SSSR count). The number of rotatable bonds is 3. The largest absolute Gasteiger partial charge is 0.377 e. The van der Waals surface area contributed by atoms with Gasteiger partial charge in [0.1, 0.15) is 0 Å². The van der Waals surface area contributed by atoms with Crippen molar-refractivity contribution in [3.05, 3.63) is 0 Å². The Bertz CT molecular complexity index is 62.3. The summed E-state index contributed by atoms with van der Waals surface area (Å²) in [7, 11) is 3.64. The Morgan fingerprint density at radius 1 is 1.30 bits per heavy atom. The molecule has 0 heterocycles. The van der Waals surface area contributed by atoms with E-state index in [1.807, 2.05) is 34.7 Å². The van der Waals surface area contributed by atoms with Crippen LogP contribution in [-0.4, -0.2) is 26.3 Å². The average molecular weight is 147 g/mol. The standard InChI is InChI=1S/C6H15NO.C2H6/c1-6(2,8-4)5-7-3;1-2/h7H,5H2,1-4H3;1-2H3. The summed E-state index contributed by atoms with van der Waals surface area (Å²) >= 11 is 0. The molecule has 0 unspecified atom stereocenters. The topological polar surface area (TPSA) is 21.3 Å². The number of ether oxygens (including phenoxy) is 1. The Labute approximate surface area is 65.0 Å². The first-order chi connectivity index (χ1) is 4.62. The predicted molar refractivity (Wildman–Crippen MR) is 46.4 cm³/mol. The van der Waals surface area contributed by atoms with Gasteiger partial charge in [0.2, 0.25) is 0 Å². The molecule has 0 bridgehead atoms. The summed E-state index contributed by atoms with van der Waals surface area (Å²) in [6.07, 6.45) is 0. The van der Waals surface area contributed by atoms with Gasteiger partial charge in [-0.25, -0.2) is 0 Å². The lowest BCUT2D eigenvalue weighted by atomic mass is 10.1. The molecule has 0 spiro atoms. The Hall–Kier alpha value is -0.0800. The number of nitrogens with one attached hydrogen (secondary N) is 1. The highest BCUT2D eigenvalue weighted by Crippen LogP contribution is 2.03. The van der Waals surface area contributed by atoms with Crippen molar-refractivity contribution in [1.29, 1.82) is 0 Å². The second-order valence-electron chi connectivity index (χ2n) is 2.49. The van der Waals surface area contributed by atoms with E-state index in [1.165, 1.54) is 0 Å². The quantitative estimate of drug-likeness (QED) is 0.655. The fraction of sp³-hybridized carbons (Fsp3) is 1.00. The van der Waals surface area contributed by atoms with E-state index in [-0.39, 0.29) is 5.60 Å². The van der Waals surface area contributed by atoms with Crippen LogP contribution < -0.4 is 5.32 Å². The maximum atomic E-state index is 5.12. The van der Waals surface area contributed by atoms with Gasteiger partial charge < -0.3 is 10.1 Å². The lowest BCUT2D eigenvalue weighted by molar-refractivity contribution is 0.0249. The van der Waals surface area contributed by atoms with Gasteiger partial charge in [0.15, 0.2) is 0 Å². The molecule has 0 aliphatic carbocycles. The van der Waals surface area contributed by atoms with Crippen LogP contribution in [0.1, 0.15) is 27.7 Å². The zero-order valence-electron chi connectivity index (χ0n) is 8.12. The monoisotopic (exact) mass is 147 g/mol. The molecule has 0 aromatic heterocycles. The first-order valence-electron chi connectivity index (χ1n) is 3.82. The van der Waals surface area contributed by atoms with Gasteiger partial charge in [-0.1, -0.05) is 13.8 Å². The van der Waals surface area contributed by atoms with Gasteiger partial charge in [-0.2, -0.15) is 0 Å². The summed E-state index contributed by atoms with van der Waals surface area (Å²) in [5.41, 5.74) is -0.0191. The van der Waals surface area contributed by atoms with Crippen molar-refractivity contribution in [3.8, 4) is 0 Å². The van der Waals surface area contributed by atoms with Crippen molar-refractivity contribution in [2.45, 2.75) is 33.3 Å². The molecular weight excluding hydrogens is 126 g/mol. The van der Waals surface area contributed by atoms with Gasteiger partial charge in [0.25, 0.3) is 0 Å². The summed E-state index contributed by atoms with van der Waals surface area (Å²) in [4.78, 5) is 0. The van der Waals surface area contributed by atoms with E-state index in [9.17, 15) is 0 Å². The van der Waals surface area contributed by atoms with Crippen molar-refractivity contribution in [1.82, 2.24) is 5.32 Å². The summed E-state index contributed by atoms with van der Waals surface area (Å²) in [5.74, 6) is 0. The van der Waals surface area contributed by atoms with E-state index in [1.54, 1.807) is 7.11 Å². The number of hydrogen-bond acceptors (Lipinski definition) is 2. The van der Waals surface area contributed by atoms with Crippen molar-refractivity contribution >= 4 is 0 Å². The molecule has 2 heteroatoms. The molecule has 0 saturated heterocycles. The molecular formula is C8H21NO. The van der Waals surface area contributed by atoms with Gasteiger partial charge >= 0.3 is 0 Å². The van der Waals surface area contributed by atoms with Gasteiger partial charge in [-0.15, -0.1) is 0 Å². The summed E-state index contributed by atoms with van der Waals surface area (Å²) in [6.45, 7) is 8.98. The van der Waals surface area contributed by atoms with Crippen LogP contribution in [0.15, 0.2) is 0 Å². The minimum absolute atomic E-state index is 0.0191. The average Bonchev–Trinajstić information content (AvgIpc) is 1.93. The van der Waals surface area contributed by atoms with Crippen molar-refractivity contribution < 1.29 is 4.74 Å². The zero-order chi connectivity index (χ0) is 8.62. The molecule has 64 valence electrons. The van der Waals surface area contributed by atoms with E-state index in [4.69, 9.17) is 4.74 Å². The molecule has 0 saturated carbocycles. The smallest absolute Gasteiger partial charge is 0.0746 e. The Morgan fingerprint density at radius 3 is 1.80 bits per heavy atom. The summed E-state index contributed by atoms with van der Waals surface area (Å²) in [6, 6.07) is 0. The maximum Gasteiger partial charge on any atom is 0.0746 e. The molecule has 0 aromatic rings. The van der Waals surface area contributed by atoms with Crippen LogP contribution in [0.2, 0.25) is 0 Å². The summed E-state index contributed by atoms with van der Waals surface area (Å²) < 4.78 is 5.12. The zero-order valence-corrected chi connectivity index (χ0v) is 8.12. The Balaban J connectivity index is 0. The number of hydrogen-bond donors (Lipinski definition) is 1. The van der Waals surface area contributed by atoms with Crippen molar-refractivity contribution in [2.75, 3.05) is 20.7 Å². The van der Waals surface area contributed by atoms with Crippen LogP contribution in [-0.2, 0) is 4.74 Å². The second-order valence-corrected chi connectivity index (χ2v) is 2.49. The Morgan fingerprint density at radius 2 is 1.70 bits per heavy atom. The van der Waals surface area contributed by atoms with Crippen molar-refractivity contribution in [2.24, 2.45) is 0 Å². The van der Waals surface area contributed by atoms with E-state index < -0.39 is 0 Å². The van der Waals surface area contributed by atoms with Crippen LogP contribution in [0.5, 0.6) is 0 Å². The summed E-state index contributed by atoms with van der Waals surface area (Å²) in [5, 5.41) is 3.03. The first-order valence-corrected chi connectivity index (χ1v) is 3.82. The van der Waals surface area contributed by atoms with Crippen LogP contribution in [0.3, 0.4) is 0 Å². The highest BCUT2D eigenvalue weighted by atomic mass is 16.5. The van der Waals surface area contributed by atoms with E-state index in [0.29, 0.717) is 0 Å². The fourth-order valence-corrected chi connectivity index (χ4v) is 0.498. The molecule has 0 radical (unpaired) electrons. The Kier molecular flexibility index (Phi) is 8.85. The normalized spacial score (nSPS) is 10.2. The molecule has 10 heavy (non-hydrogen) atoms. The second kappa shape index (κ2) is 7.03. The highest BCUT2D eigenvalue weighted by Gasteiger charge is 2.13. The highest BCUT2D eigenvalue weighted by molar-refractivity contribution is 4.68. The van der Waals surface area contributed by atoms with Gasteiger partial charge in [0.05, 0.1) is 5.60 Å². The molecule has 0 aromatic carbocycles. The third-order valence-electron chi connectivity index (χ3n) is 1.16. The SMILES string of the molecule is CC.CNCC(C)(C)OC. The lowest BCUT2D eigenvalue weighted by Gasteiger charge is -2.21. The van der Waals surface area contributed by atoms with E-state index >= 15 is 0 Å². The van der Waals surface area contributed by atoms with Crippen molar-refractivity contribution in [3.63, 3.8) is 0 Å². The first kappa shape index (κ1) is 12.6. The number of likely N-dealkylation sites (N-methyl/N-ethyl adjacent to an activating group) is 1. The number of methoxy groups -OCH3 is 1. The molecule has 0 atom stereocenters. The van der Waals surface area contributed by atoms with E-state index in [2.05, 4.69) is 5.32 Å². The van der Waals surface area contributed by atoms with Gasteiger partial charge in [0, 0.05) is 13.7 Å². The molecule has 1 N–H and O–H groups in total. The molecule has 0 amide bonds. The van der Waals surface area contributed by atoms with Gasteiger partial charge in [-0.05, 0) is 20.9 Å². The lowest BCUT2D eigenvalue weighted by Crippen LogP contribution is -2.34. The third kappa shape index (κ3) is 7.92. The minimum atomic E-state index is -0.0191. The molecule has 0 fully saturated rings. The third-order valence-corrected chi connectivity index (χ3v) is 1.16. The van der Waals surface area contributed by atoms with Crippen LogP contribution in [0.25, 0.3) is 0 Å². The van der Waals surface area contributed by atoms with E-state index in [0.717, 1.165) is 6.54 Å².